The average Bonchev–Trinajstić information content (AvgIpc) is 2.10. The van der Waals surface area contributed by atoms with Crippen molar-refractivity contribution in [3.8, 4) is 0 Å². The van der Waals surface area contributed by atoms with Crippen LogP contribution in [0.3, 0.4) is 0 Å². The van der Waals surface area contributed by atoms with Crippen molar-refractivity contribution < 1.29 is 9.84 Å². The SMILES string of the molecule is CC1C[C@H](N)[C@H](CO)O1. The third-order valence-corrected chi connectivity index (χ3v) is 1.67. The molecule has 1 saturated heterocycles. The maximum Gasteiger partial charge on any atom is 0.0960 e. The zero-order chi connectivity index (χ0) is 6.85. The van der Waals surface area contributed by atoms with Crippen LogP contribution in [0.2, 0.25) is 0 Å². The highest BCUT2D eigenvalue weighted by molar-refractivity contribution is 4.82. The van der Waals surface area contributed by atoms with Crippen LogP contribution in [0, 0.1) is 0 Å². The summed E-state index contributed by atoms with van der Waals surface area (Å²) < 4.78 is 5.25. The first kappa shape index (κ1) is 6.99. The first-order valence-corrected chi connectivity index (χ1v) is 3.26. The maximum atomic E-state index is 8.65. The molecule has 0 radical (unpaired) electrons. The lowest BCUT2D eigenvalue weighted by Crippen LogP contribution is -2.32. The van der Waals surface area contributed by atoms with E-state index < -0.39 is 0 Å². The molecular weight excluding hydrogens is 118 g/mol. The van der Waals surface area contributed by atoms with Gasteiger partial charge in [0.1, 0.15) is 0 Å². The second kappa shape index (κ2) is 2.64. The van der Waals surface area contributed by atoms with E-state index in [4.69, 9.17) is 15.6 Å². The molecule has 0 aromatic rings. The molecule has 0 aliphatic carbocycles. The molecule has 9 heavy (non-hydrogen) atoms. The summed E-state index contributed by atoms with van der Waals surface area (Å²) in [6.07, 6.45) is 0.961. The third kappa shape index (κ3) is 1.41. The van der Waals surface area contributed by atoms with Gasteiger partial charge in [0.05, 0.1) is 18.8 Å². The molecule has 0 spiro atoms. The highest BCUT2D eigenvalue weighted by Crippen LogP contribution is 2.17. The highest BCUT2D eigenvalue weighted by Gasteiger charge is 2.28. The Morgan fingerprint density at radius 2 is 2.44 bits per heavy atom. The zero-order valence-corrected chi connectivity index (χ0v) is 5.58. The summed E-state index contributed by atoms with van der Waals surface area (Å²) in [6.45, 7) is 2.01. The van der Waals surface area contributed by atoms with Crippen LogP contribution in [0.4, 0.5) is 0 Å². The normalized spacial score (nSPS) is 43.7. The summed E-state index contributed by atoms with van der Waals surface area (Å²) in [7, 11) is 0. The lowest BCUT2D eigenvalue weighted by Gasteiger charge is -2.09. The van der Waals surface area contributed by atoms with E-state index in [0.29, 0.717) is 0 Å². The van der Waals surface area contributed by atoms with Gasteiger partial charge in [-0.25, -0.2) is 0 Å². The van der Waals surface area contributed by atoms with Crippen molar-refractivity contribution in [3.05, 3.63) is 0 Å². The Labute approximate surface area is 54.8 Å². The van der Waals surface area contributed by atoms with Gasteiger partial charge < -0.3 is 15.6 Å². The first-order chi connectivity index (χ1) is 4.24. The largest absolute Gasteiger partial charge is 0.394 e. The molecule has 54 valence electrons. The summed E-state index contributed by atoms with van der Waals surface area (Å²) in [5.41, 5.74) is 5.59. The van der Waals surface area contributed by atoms with E-state index in [1.807, 2.05) is 6.92 Å². The number of aliphatic hydroxyl groups is 1. The number of hydrogen-bond acceptors (Lipinski definition) is 3. The van der Waals surface area contributed by atoms with Crippen LogP contribution in [-0.4, -0.2) is 30.0 Å². The van der Waals surface area contributed by atoms with Crippen LogP contribution in [0.15, 0.2) is 0 Å². The third-order valence-electron chi connectivity index (χ3n) is 1.67. The lowest BCUT2D eigenvalue weighted by molar-refractivity contribution is 0.0156. The molecule has 3 nitrogen and oxygen atoms in total. The van der Waals surface area contributed by atoms with Crippen LogP contribution in [0.5, 0.6) is 0 Å². The van der Waals surface area contributed by atoms with Crippen LogP contribution < -0.4 is 5.73 Å². The van der Waals surface area contributed by atoms with Crippen molar-refractivity contribution in [1.82, 2.24) is 0 Å². The molecule has 1 aliphatic heterocycles. The fraction of sp³-hybridized carbons (Fsp3) is 1.00. The molecule has 1 unspecified atom stereocenters. The van der Waals surface area contributed by atoms with Crippen LogP contribution >= 0.6 is 0 Å². The lowest BCUT2D eigenvalue weighted by atomic mass is 10.1. The Hall–Kier alpha value is -0.120. The number of nitrogens with two attached hydrogens (primary N) is 1. The van der Waals surface area contributed by atoms with Crippen LogP contribution in [0.25, 0.3) is 0 Å². The zero-order valence-electron chi connectivity index (χ0n) is 5.58. The Morgan fingerprint density at radius 3 is 2.67 bits per heavy atom. The van der Waals surface area contributed by atoms with Gasteiger partial charge in [-0.15, -0.1) is 0 Å². The second-order valence-electron chi connectivity index (χ2n) is 2.57. The van der Waals surface area contributed by atoms with Gasteiger partial charge in [-0.3, -0.25) is 0 Å². The van der Waals surface area contributed by atoms with Gasteiger partial charge in [0.15, 0.2) is 0 Å². The fourth-order valence-corrected chi connectivity index (χ4v) is 1.17. The van der Waals surface area contributed by atoms with Crippen molar-refractivity contribution in [1.29, 1.82) is 0 Å². The van der Waals surface area contributed by atoms with Gasteiger partial charge in [-0.05, 0) is 13.3 Å². The van der Waals surface area contributed by atoms with Crippen molar-refractivity contribution in [2.75, 3.05) is 6.61 Å². The van der Waals surface area contributed by atoms with E-state index in [1.54, 1.807) is 0 Å². The number of ether oxygens (including phenoxy) is 1. The van der Waals surface area contributed by atoms with Crippen LogP contribution in [-0.2, 0) is 4.74 Å². The predicted octanol–water partition coefficient (Wildman–Crippen LogP) is -0.517. The topological polar surface area (TPSA) is 55.5 Å². The Bertz CT molecular complexity index is 97.1. The average molecular weight is 131 g/mol. The quantitative estimate of drug-likeness (QED) is 0.503. The van der Waals surface area contributed by atoms with E-state index in [2.05, 4.69) is 0 Å². The molecule has 0 saturated carbocycles. The summed E-state index contributed by atoms with van der Waals surface area (Å²) in [5.74, 6) is 0. The molecule has 1 rings (SSSR count). The van der Waals surface area contributed by atoms with E-state index in [0.717, 1.165) is 6.42 Å². The summed E-state index contributed by atoms with van der Waals surface area (Å²) in [4.78, 5) is 0. The minimum Gasteiger partial charge on any atom is -0.394 e. The second-order valence-corrected chi connectivity index (χ2v) is 2.57. The summed E-state index contributed by atoms with van der Waals surface area (Å²) in [6, 6.07) is 0.0324. The van der Waals surface area contributed by atoms with Gasteiger partial charge in [0.2, 0.25) is 0 Å². The molecule has 3 N–H and O–H groups in total. The molecule has 0 aromatic heterocycles. The van der Waals surface area contributed by atoms with E-state index in [-0.39, 0.29) is 24.9 Å². The molecule has 1 heterocycles. The summed E-state index contributed by atoms with van der Waals surface area (Å²) in [5, 5.41) is 8.65. The van der Waals surface area contributed by atoms with Crippen molar-refractivity contribution >= 4 is 0 Å². The molecular formula is C6H13NO2. The van der Waals surface area contributed by atoms with E-state index in [1.165, 1.54) is 0 Å². The van der Waals surface area contributed by atoms with E-state index >= 15 is 0 Å². The van der Waals surface area contributed by atoms with Crippen molar-refractivity contribution in [2.45, 2.75) is 31.6 Å². The molecule has 0 aromatic carbocycles. The molecule has 0 bridgehead atoms. The van der Waals surface area contributed by atoms with Crippen LogP contribution in [0.1, 0.15) is 13.3 Å². The Balaban J connectivity index is 2.38. The van der Waals surface area contributed by atoms with Crippen molar-refractivity contribution in [2.24, 2.45) is 5.73 Å². The maximum absolute atomic E-state index is 8.65. The van der Waals surface area contributed by atoms with Gasteiger partial charge in [0, 0.05) is 6.04 Å². The molecule has 1 aliphatic rings. The van der Waals surface area contributed by atoms with Gasteiger partial charge >= 0.3 is 0 Å². The Kier molecular flexibility index (Phi) is 2.05. The van der Waals surface area contributed by atoms with E-state index in [9.17, 15) is 0 Å². The highest BCUT2D eigenvalue weighted by atomic mass is 16.5. The molecule has 0 amide bonds. The Morgan fingerprint density at radius 1 is 1.78 bits per heavy atom. The van der Waals surface area contributed by atoms with Crippen molar-refractivity contribution in [3.63, 3.8) is 0 Å². The number of aliphatic hydroxyl groups excluding tert-OH is 1. The minimum absolute atomic E-state index is 0.0324. The monoisotopic (exact) mass is 131 g/mol. The molecule has 1 fully saturated rings. The molecule has 3 heteroatoms. The first-order valence-electron chi connectivity index (χ1n) is 3.26. The van der Waals surface area contributed by atoms with Gasteiger partial charge in [-0.2, -0.15) is 0 Å². The molecule has 3 atom stereocenters. The minimum atomic E-state index is -0.125. The predicted molar refractivity (Wildman–Crippen MR) is 34.0 cm³/mol. The standard InChI is InChI=1S/C6H13NO2/c1-4-2-5(7)6(3-8)9-4/h4-6,8H,2-3,7H2,1H3/t4?,5-,6-/m0/s1. The number of hydrogen-bond donors (Lipinski definition) is 2. The fourth-order valence-electron chi connectivity index (χ4n) is 1.17. The number of rotatable bonds is 1. The van der Waals surface area contributed by atoms with Gasteiger partial charge in [0.25, 0.3) is 0 Å². The van der Waals surface area contributed by atoms with Gasteiger partial charge in [-0.1, -0.05) is 0 Å². The summed E-state index contributed by atoms with van der Waals surface area (Å²) >= 11 is 0. The smallest absolute Gasteiger partial charge is 0.0960 e.